The number of hydrogen-bond donors (Lipinski definition) is 0. The molecular formula is C25H23ClN2O5S. The van der Waals surface area contributed by atoms with Gasteiger partial charge in [-0.1, -0.05) is 41.4 Å². The van der Waals surface area contributed by atoms with Crippen LogP contribution in [0.5, 0.6) is 5.75 Å². The van der Waals surface area contributed by atoms with Gasteiger partial charge in [-0.05, 0) is 61.0 Å². The second-order valence-electron chi connectivity index (χ2n) is 7.98. The van der Waals surface area contributed by atoms with E-state index in [1.165, 1.54) is 31.4 Å². The monoisotopic (exact) mass is 498 g/mol. The third-order valence-electron chi connectivity index (χ3n) is 5.68. The summed E-state index contributed by atoms with van der Waals surface area (Å²) in [5, 5.41) is 0.391. The summed E-state index contributed by atoms with van der Waals surface area (Å²) in [6.45, 7) is 1.86. The zero-order chi connectivity index (χ0) is 24.5. The molecule has 1 aliphatic rings. The van der Waals surface area contributed by atoms with Crippen molar-refractivity contribution in [1.29, 1.82) is 0 Å². The molecule has 1 atom stereocenters. The predicted octanol–water partition coefficient (Wildman–Crippen LogP) is 4.18. The van der Waals surface area contributed by atoms with E-state index < -0.39 is 27.9 Å². The molecule has 1 unspecified atom stereocenters. The van der Waals surface area contributed by atoms with Crippen LogP contribution in [-0.2, 0) is 26.2 Å². The van der Waals surface area contributed by atoms with Gasteiger partial charge in [-0.3, -0.25) is 9.59 Å². The standard InChI is InChI=1S/C25H23ClN2O5S/c1-17-3-5-18(6-4-17)16-27(34(31,32)22-13-7-19(26)8-14-22)23-15-24(29)28(25(23)30)20-9-11-21(33-2)12-10-20/h3-14,23H,15-16H2,1-2H3. The van der Waals surface area contributed by atoms with E-state index in [2.05, 4.69) is 0 Å². The summed E-state index contributed by atoms with van der Waals surface area (Å²) < 4.78 is 33.6. The first-order chi connectivity index (χ1) is 16.2. The number of hydrogen-bond acceptors (Lipinski definition) is 5. The number of benzene rings is 3. The molecule has 0 spiro atoms. The average molecular weight is 499 g/mol. The largest absolute Gasteiger partial charge is 0.497 e. The maximum absolute atomic E-state index is 13.7. The second-order valence-corrected chi connectivity index (χ2v) is 10.3. The molecule has 3 aromatic rings. The molecule has 4 rings (SSSR count). The van der Waals surface area contributed by atoms with Gasteiger partial charge in [-0.25, -0.2) is 13.3 Å². The molecule has 1 saturated heterocycles. The topological polar surface area (TPSA) is 84.0 Å². The zero-order valence-electron chi connectivity index (χ0n) is 18.6. The van der Waals surface area contributed by atoms with Crippen LogP contribution in [-0.4, -0.2) is 37.7 Å². The third kappa shape index (κ3) is 4.70. The molecule has 0 radical (unpaired) electrons. The molecule has 3 aromatic carbocycles. The highest BCUT2D eigenvalue weighted by Crippen LogP contribution is 2.31. The molecule has 0 bridgehead atoms. The van der Waals surface area contributed by atoms with Gasteiger partial charge in [0.15, 0.2) is 0 Å². The summed E-state index contributed by atoms with van der Waals surface area (Å²) in [6, 6.07) is 18.4. The highest BCUT2D eigenvalue weighted by Gasteiger charge is 2.47. The molecule has 0 N–H and O–H groups in total. The van der Waals surface area contributed by atoms with Crippen molar-refractivity contribution >= 4 is 39.1 Å². The Bertz CT molecular complexity index is 1310. The number of amides is 2. The summed E-state index contributed by atoms with van der Waals surface area (Å²) in [5.41, 5.74) is 2.08. The fourth-order valence-electron chi connectivity index (χ4n) is 3.82. The number of methoxy groups -OCH3 is 1. The van der Waals surface area contributed by atoms with Gasteiger partial charge in [0, 0.05) is 11.6 Å². The Morgan fingerprint density at radius 1 is 0.971 bits per heavy atom. The number of carbonyl (C=O) groups excluding carboxylic acids is 2. The summed E-state index contributed by atoms with van der Waals surface area (Å²) in [5.74, 6) is -0.495. The van der Waals surface area contributed by atoms with Crippen molar-refractivity contribution < 1.29 is 22.7 Å². The van der Waals surface area contributed by atoms with E-state index in [1.54, 1.807) is 24.3 Å². The smallest absolute Gasteiger partial charge is 0.252 e. The van der Waals surface area contributed by atoms with Gasteiger partial charge in [-0.2, -0.15) is 4.31 Å². The van der Waals surface area contributed by atoms with Crippen LogP contribution in [0.3, 0.4) is 0 Å². The molecule has 7 nitrogen and oxygen atoms in total. The lowest BCUT2D eigenvalue weighted by Crippen LogP contribution is -2.45. The van der Waals surface area contributed by atoms with E-state index in [0.717, 1.165) is 14.8 Å². The normalized spacial score (nSPS) is 16.4. The molecular weight excluding hydrogens is 476 g/mol. The first kappa shape index (κ1) is 23.9. The summed E-state index contributed by atoms with van der Waals surface area (Å²) in [7, 11) is -2.61. The molecule has 1 heterocycles. The van der Waals surface area contributed by atoms with Gasteiger partial charge >= 0.3 is 0 Å². The quantitative estimate of drug-likeness (QED) is 0.456. The molecule has 176 valence electrons. The number of ether oxygens (including phenoxy) is 1. The van der Waals surface area contributed by atoms with E-state index in [4.69, 9.17) is 16.3 Å². The van der Waals surface area contributed by atoms with E-state index in [-0.39, 0.29) is 17.9 Å². The van der Waals surface area contributed by atoms with Gasteiger partial charge in [0.2, 0.25) is 15.9 Å². The highest BCUT2D eigenvalue weighted by molar-refractivity contribution is 7.89. The second kappa shape index (κ2) is 9.58. The van der Waals surface area contributed by atoms with Crippen LogP contribution in [0.4, 0.5) is 5.69 Å². The average Bonchev–Trinajstić information content (AvgIpc) is 3.12. The Morgan fingerprint density at radius 2 is 1.59 bits per heavy atom. The zero-order valence-corrected chi connectivity index (χ0v) is 20.2. The van der Waals surface area contributed by atoms with E-state index in [9.17, 15) is 18.0 Å². The minimum absolute atomic E-state index is 0.00726. The van der Waals surface area contributed by atoms with Crippen LogP contribution in [0.1, 0.15) is 17.5 Å². The van der Waals surface area contributed by atoms with Crippen LogP contribution in [0.25, 0.3) is 0 Å². The van der Waals surface area contributed by atoms with E-state index in [1.807, 2.05) is 31.2 Å². The molecule has 0 aromatic heterocycles. The fraction of sp³-hybridized carbons (Fsp3) is 0.200. The van der Waals surface area contributed by atoms with Crippen LogP contribution in [0, 0.1) is 6.92 Å². The lowest BCUT2D eigenvalue weighted by molar-refractivity contribution is -0.122. The number of halogens is 1. The first-order valence-corrected chi connectivity index (χ1v) is 12.4. The minimum Gasteiger partial charge on any atom is -0.497 e. The molecule has 0 saturated carbocycles. The molecule has 34 heavy (non-hydrogen) atoms. The van der Waals surface area contributed by atoms with E-state index in [0.29, 0.717) is 22.0 Å². The van der Waals surface area contributed by atoms with E-state index >= 15 is 0 Å². The number of rotatable bonds is 7. The first-order valence-electron chi connectivity index (χ1n) is 10.5. The van der Waals surface area contributed by atoms with Crippen molar-refractivity contribution in [3.8, 4) is 5.75 Å². The summed E-state index contributed by atoms with van der Waals surface area (Å²) >= 11 is 5.94. The molecule has 0 aliphatic carbocycles. The predicted molar refractivity (Wildman–Crippen MR) is 129 cm³/mol. The van der Waals surface area contributed by atoms with Crippen molar-refractivity contribution in [3.63, 3.8) is 0 Å². The number of anilines is 1. The SMILES string of the molecule is COc1ccc(N2C(=O)CC(N(Cc3ccc(C)cc3)S(=O)(=O)c3ccc(Cl)cc3)C2=O)cc1. The number of sulfonamides is 1. The molecule has 9 heteroatoms. The van der Waals surface area contributed by atoms with Crippen molar-refractivity contribution in [2.24, 2.45) is 0 Å². The van der Waals surface area contributed by atoms with Gasteiger partial charge in [-0.15, -0.1) is 0 Å². The van der Waals surface area contributed by atoms with Crippen molar-refractivity contribution in [1.82, 2.24) is 4.31 Å². The van der Waals surface area contributed by atoms with Crippen LogP contribution in [0.15, 0.2) is 77.7 Å². The molecule has 2 amide bonds. The van der Waals surface area contributed by atoms with Gasteiger partial charge in [0.25, 0.3) is 5.91 Å². The molecule has 1 fully saturated rings. The number of aryl methyl sites for hydroxylation is 1. The minimum atomic E-state index is -4.13. The summed E-state index contributed by atoms with van der Waals surface area (Å²) in [4.78, 5) is 27.4. The maximum Gasteiger partial charge on any atom is 0.252 e. The number of imide groups is 1. The Labute approximate surface area is 203 Å². The van der Waals surface area contributed by atoms with Crippen molar-refractivity contribution in [2.45, 2.75) is 30.8 Å². The third-order valence-corrected chi connectivity index (χ3v) is 7.80. The lowest BCUT2D eigenvalue weighted by Gasteiger charge is -2.27. The lowest BCUT2D eigenvalue weighted by atomic mass is 10.1. The Balaban J connectivity index is 1.73. The summed E-state index contributed by atoms with van der Waals surface area (Å²) in [6.07, 6.45) is -0.260. The number of nitrogens with zero attached hydrogens (tertiary/aromatic N) is 2. The highest BCUT2D eigenvalue weighted by atomic mass is 35.5. The van der Waals surface area contributed by atoms with Crippen LogP contribution < -0.4 is 9.64 Å². The van der Waals surface area contributed by atoms with Crippen molar-refractivity contribution in [3.05, 3.63) is 88.9 Å². The fourth-order valence-corrected chi connectivity index (χ4v) is 5.52. The molecule has 1 aliphatic heterocycles. The Hall–Kier alpha value is -3.20. The van der Waals surface area contributed by atoms with Crippen molar-refractivity contribution in [2.75, 3.05) is 12.0 Å². The Morgan fingerprint density at radius 3 is 2.18 bits per heavy atom. The van der Waals surface area contributed by atoms with Crippen LogP contribution in [0.2, 0.25) is 5.02 Å². The number of carbonyl (C=O) groups is 2. The maximum atomic E-state index is 13.7. The van der Waals surface area contributed by atoms with Gasteiger partial charge < -0.3 is 4.74 Å². The van der Waals surface area contributed by atoms with Gasteiger partial charge in [0.1, 0.15) is 11.8 Å². The van der Waals surface area contributed by atoms with Gasteiger partial charge in [0.05, 0.1) is 24.1 Å². The van der Waals surface area contributed by atoms with Crippen LogP contribution >= 0.6 is 11.6 Å². The Kier molecular flexibility index (Phi) is 6.74.